The summed E-state index contributed by atoms with van der Waals surface area (Å²) in [6, 6.07) is 0. The molecule has 0 aliphatic heterocycles. The predicted molar refractivity (Wildman–Crippen MR) is 53.2 cm³/mol. The standard InChI is InChI=1S/C6H14N2O2S2/c1-2-3-4-5-12(9,10)8-6(7)11/h2-5H2,1H3,(H3,7,8,11). The molecule has 0 heterocycles. The highest BCUT2D eigenvalue weighted by Gasteiger charge is 2.08. The van der Waals surface area contributed by atoms with Crippen molar-refractivity contribution in [3.63, 3.8) is 0 Å². The fourth-order valence-corrected chi connectivity index (χ4v) is 2.12. The molecular formula is C6H14N2O2S2. The van der Waals surface area contributed by atoms with Crippen LogP contribution in [0.3, 0.4) is 0 Å². The largest absolute Gasteiger partial charge is 0.376 e. The van der Waals surface area contributed by atoms with E-state index in [0.29, 0.717) is 6.42 Å². The van der Waals surface area contributed by atoms with E-state index in [1.807, 2.05) is 6.92 Å². The zero-order chi connectivity index (χ0) is 9.61. The van der Waals surface area contributed by atoms with E-state index in [-0.39, 0.29) is 10.9 Å². The van der Waals surface area contributed by atoms with Gasteiger partial charge in [-0.3, -0.25) is 4.72 Å². The normalized spacial score (nSPS) is 11.1. The summed E-state index contributed by atoms with van der Waals surface area (Å²) in [5.74, 6) is 0.0954. The van der Waals surface area contributed by atoms with Gasteiger partial charge in [0.25, 0.3) is 0 Å². The summed E-state index contributed by atoms with van der Waals surface area (Å²) in [4.78, 5) is 0. The monoisotopic (exact) mass is 210 g/mol. The summed E-state index contributed by atoms with van der Waals surface area (Å²) < 4.78 is 24.1. The molecular weight excluding hydrogens is 196 g/mol. The Kier molecular flexibility index (Phi) is 5.16. The van der Waals surface area contributed by atoms with Gasteiger partial charge in [-0.1, -0.05) is 19.8 Å². The number of rotatable bonds is 5. The van der Waals surface area contributed by atoms with Gasteiger partial charge in [0.15, 0.2) is 5.11 Å². The highest BCUT2D eigenvalue weighted by molar-refractivity contribution is 7.91. The molecule has 0 saturated heterocycles. The van der Waals surface area contributed by atoms with E-state index in [1.54, 1.807) is 0 Å². The van der Waals surface area contributed by atoms with Crippen LogP contribution in [-0.4, -0.2) is 19.3 Å². The zero-order valence-corrected chi connectivity index (χ0v) is 8.67. The average molecular weight is 210 g/mol. The molecule has 0 aliphatic carbocycles. The number of hydrogen-bond acceptors (Lipinski definition) is 3. The molecule has 0 atom stereocenters. The summed E-state index contributed by atoms with van der Waals surface area (Å²) >= 11 is 4.41. The molecule has 0 rings (SSSR count). The lowest BCUT2D eigenvalue weighted by molar-refractivity contribution is 0.587. The number of nitrogens with two attached hydrogens (primary N) is 1. The summed E-state index contributed by atoms with van der Waals surface area (Å²) in [5, 5.41) is -0.188. The molecule has 0 unspecified atom stereocenters. The second-order valence-corrected chi connectivity index (χ2v) is 4.77. The quantitative estimate of drug-likeness (QED) is 0.507. The van der Waals surface area contributed by atoms with E-state index < -0.39 is 10.0 Å². The van der Waals surface area contributed by atoms with Gasteiger partial charge in [-0.2, -0.15) is 0 Å². The second kappa shape index (κ2) is 5.31. The molecule has 0 aliphatic rings. The van der Waals surface area contributed by atoms with Crippen LogP contribution in [0.15, 0.2) is 0 Å². The van der Waals surface area contributed by atoms with Crippen molar-refractivity contribution < 1.29 is 8.42 Å². The molecule has 72 valence electrons. The van der Waals surface area contributed by atoms with Crippen molar-refractivity contribution in [2.75, 3.05) is 5.75 Å². The van der Waals surface area contributed by atoms with Gasteiger partial charge in [-0.15, -0.1) is 0 Å². The fourth-order valence-electron chi connectivity index (χ4n) is 0.746. The molecule has 4 nitrogen and oxygen atoms in total. The van der Waals surface area contributed by atoms with Crippen LogP contribution in [0.1, 0.15) is 26.2 Å². The maximum absolute atomic E-state index is 11.0. The van der Waals surface area contributed by atoms with Crippen LogP contribution in [0, 0.1) is 0 Å². The third kappa shape index (κ3) is 6.36. The smallest absolute Gasteiger partial charge is 0.234 e. The first kappa shape index (κ1) is 11.6. The van der Waals surface area contributed by atoms with Crippen LogP contribution in [0.25, 0.3) is 0 Å². The van der Waals surface area contributed by atoms with Gasteiger partial charge < -0.3 is 5.73 Å². The Morgan fingerprint density at radius 3 is 2.50 bits per heavy atom. The van der Waals surface area contributed by atoms with Crippen LogP contribution in [0.5, 0.6) is 0 Å². The van der Waals surface area contributed by atoms with Crippen LogP contribution in [0.4, 0.5) is 0 Å². The number of thiocarbonyl (C=S) groups is 1. The van der Waals surface area contributed by atoms with E-state index in [4.69, 9.17) is 5.73 Å². The highest BCUT2D eigenvalue weighted by atomic mass is 32.2. The van der Waals surface area contributed by atoms with E-state index in [1.165, 1.54) is 0 Å². The number of sulfonamides is 1. The van der Waals surface area contributed by atoms with Crippen LogP contribution in [0.2, 0.25) is 0 Å². The van der Waals surface area contributed by atoms with Crippen molar-refractivity contribution in [3.05, 3.63) is 0 Å². The molecule has 0 amide bonds. The SMILES string of the molecule is CCCCCS(=O)(=O)NC(N)=S. The van der Waals surface area contributed by atoms with Gasteiger partial charge in [0.05, 0.1) is 5.75 Å². The molecule has 0 radical (unpaired) electrons. The Labute approximate surface area is 78.6 Å². The minimum atomic E-state index is -3.27. The first-order valence-corrected chi connectivity index (χ1v) is 5.84. The molecule has 0 bridgehead atoms. The summed E-state index contributed by atoms with van der Waals surface area (Å²) in [6.45, 7) is 2.01. The average Bonchev–Trinajstić information content (AvgIpc) is 1.84. The zero-order valence-electron chi connectivity index (χ0n) is 7.04. The topological polar surface area (TPSA) is 72.2 Å². The van der Waals surface area contributed by atoms with Crippen molar-refractivity contribution in [2.24, 2.45) is 5.73 Å². The Balaban J connectivity index is 3.81. The van der Waals surface area contributed by atoms with Gasteiger partial charge in [0, 0.05) is 0 Å². The van der Waals surface area contributed by atoms with E-state index in [0.717, 1.165) is 12.8 Å². The third-order valence-corrected chi connectivity index (χ3v) is 2.86. The number of nitrogens with one attached hydrogen (secondary N) is 1. The summed E-state index contributed by atoms with van der Waals surface area (Å²) in [5.41, 5.74) is 5.02. The Morgan fingerprint density at radius 2 is 2.08 bits per heavy atom. The van der Waals surface area contributed by atoms with E-state index in [2.05, 4.69) is 16.9 Å². The summed E-state index contributed by atoms with van der Waals surface area (Å²) in [7, 11) is -3.27. The van der Waals surface area contributed by atoms with Crippen LogP contribution >= 0.6 is 12.2 Å². The first-order valence-electron chi connectivity index (χ1n) is 3.78. The van der Waals surface area contributed by atoms with Crippen LogP contribution < -0.4 is 10.5 Å². The van der Waals surface area contributed by atoms with Crippen molar-refractivity contribution in [2.45, 2.75) is 26.2 Å². The van der Waals surface area contributed by atoms with Gasteiger partial charge in [0.1, 0.15) is 0 Å². The molecule has 0 spiro atoms. The Morgan fingerprint density at radius 1 is 1.50 bits per heavy atom. The maximum Gasteiger partial charge on any atom is 0.234 e. The molecule has 0 aromatic carbocycles. The molecule has 3 N–H and O–H groups in total. The Bertz CT molecular complexity index is 236. The van der Waals surface area contributed by atoms with Crippen molar-refractivity contribution in [1.29, 1.82) is 0 Å². The first-order chi connectivity index (χ1) is 5.48. The third-order valence-electron chi connectivity index (χ3n) is 1.27. The molecule has 0 aromatic heterocycles. The summed E-state index contributed by atoms with van der Waals surface area (Å²) in [6.07, 6.45) is 2.54. The molecule has 0 fully saturated rings. The molecule has 6 heteroatoms. The maximum atomic E-state index is 11.0. The lowest BCUT2D eigenvalue weighted by Gasteiger charge is -2.04. The van der Waals surface area contributed by atoms with Crippen molar-refractivity contribution >= 4 is 27.4 Å². The number of hydrogen-bond donors (Lipinski definition) is 2. The fraction of sp³-hybridized carbons (Fsp3) is 0.833. The van der Waals surface area contributed by atoms with Gasteiger partial charge in [0.2, 0.25) is 10.0 Å². The number of unbranched alkanes of at least 4 members (excludes halogenated alkanes) is 2. The molecule has 0 aromatic rings. The molecule has 0 saturated carbocycles. The van der Waals surface area contributed by atoms with E-state index in [9.17, 15) is 8.42 Å². The highest BCUT2D eigenvalue weighted by Crippen LogP contribution is 1.97. The van der Waals surface area contributed by atoms with Crippen LogP contribution in [-0.2, 0) is 10.0 Å². The second-order valence-electron chi connectivity index (χ2n) is 2.49. The van der Waals surface area contributed by atoms with E-state index >= 15 is 0 Å². The lowest BCUT2D eigenvalue weighted by Crippen LogP contribution is -2.36. The van der Waals surface area contributed by atoms with Gasteiger partial charge >= 0.3 is 0 Å². The minimum absolute atomic E-state index is 0.0954. The van der Waals surface area contributed by atoms with Gasteiger partial charge in [-0.05, 0) is 18.6 Å². The molecule has 12 heavy (non-hydrogen) atoms. The lowest BCUT2D eigenvalue weighted by atomic mass is 10.3. The minimum Gasteiger partial charge on any atom is -0.376 e. The van der Waals surface area contributed by atoms with Crippen molar-refractivity contribution in [3.8, 4) is 0 Å². The predicted octanol–water partition coefficient (Wildman–Crippen LogP) is 0.340. The van der Waals surface area contributed by atoms with Crippen molar-refractivity contribution in [1.82, 2.24) is 4.72 Å². The Hall–Kier alpha value is -0.360. The van der Waals surface area contributed by atoms with Gasteiger partial charge in [-0.25, -0.2) is 8.42 Å².